The second kappa shape index (κ2) is 7.33. The van der Waals surface area contributed by atoms with E-state index in [9.17, 15) is 13.2 Å². The van der Waals surface area contributed by atoms with Crippen molar-refractivity contribution in [1.82, 2.24) is 10.2 Å². The molecule has 2 heterocycles. The first-order valence-corrected chi connectivity index (χ1v) is 10.7. The van der Waals surface area contributed by atoms with Crippen molar-refractivity contribution in [3.63, 3.8) is 0 Å². The molecule has 0 aliphatic carbocycles. The number of nitrogens with zero attached hydrogens (tertiary/aromatic N) is 2. The third-order valence-electron chi connectivity index (χ3n) is 5.19. The molecule has 2 aliphatic rings. The molecule has 0 spiro atoms. The van der Waals surface area contributed by atoms with Crippen molar-refractivity contribution in [3.8, 4) is 0 Å². The summed E-state index contributed by atoms with van der Waals surface area (Å²) >= 11 is 0. The summed E-state index contributed by atoms with van der Waals surface area (Å²) < 4.78 is 23.0. The van der Waals surface area contributed by atoms with Crippen LogP contribution in [-0.4, -0.2) is 69.0 Å². The van der Waals surface area contributed by atoms with Crippen LogP contribution in [-0.2, 0) is 14.6 Å². The van der Waals surface area contributed by atoms with Gasteiger partial charge in [0.2, 0.25) is 5.91 Å². The first-order valence-electron chi connectivity index (χ1n) is 8.90. The minimum atomic E-state index is -2.97. The highest BCUT2D eigenvalue weighted by Gasteiger charge is 2.32. The van der Waals surface area contributed by atoms with Gasteiger partial charge in [0.05, 0.1) is 17.5 Å². The van der Waals surface area contributed by atoms with Gasteiger partial charge in [0.1, 0.15) is 0 Å². The molecule has 138 valence electrons. The summed E-state index contributed by atoms with van der Waals surface area (Å²) in [6.45, 7) is 7.42. The summed E-state index contributed by atoms with van der Waals surface area (Å²) in [5.74, 6) is 0.194. The molecule has 0 aromatic heterocycles. The van der Waals surface area contributed by atoms with E-state index in [1.54, 1.807) is 0 Å². The van der Waals surface area contributed by atoms with Crippen molar-refractivity contribution in [2.24, 2.45) is 0 Å². The number of hydrogen-bond acceptors (Lipinski definition) is 5. The average molecular weight is 365 g/mol. The second-order valence-electron chi connectivity index (χ2n) is 7.15. The molecule has 6 nitrogen and oxygen atoms in total. The number of sulfone groups is 1. The van der Waals surface area contributed by atoms with E-state index in [0.717, 1.165) is 26.2 Å². The monoisotopic (exact) mass is 365 g/mol. The molecular formula is C18H27N3O3S. The molecule has 1 aromatic carbocycles. The quantitative estimate of drug-likeness (QED) is 0.855. The van der Waals surface area contributed by atoms with E-state index in [2.05, 4.69) is 46.3 Å². The van der Waals surface area contributed by atoms with Gasteiger partial charge in [-0.2, -0.15) is 0 Å². The number of benzene rings is 1. The van der Waals surface area contributed by atoms with Gasteiger partial charge in [-0.1, -0.05) is 12.1 Å². The van der Waals surface area contributed by atoms with Crippen LogP contribution >= 0.6 is 0 Å². The fourth-order valence-corrected chi connectivity index (χ4v) is 5.26. The number of amides is 1. The van der Waals surface area contributed by atoms with Gasteiger partial charge >= 0.3 is 0 Å². The van der Waals surface area contributed by atoms with Gasteiger partial charge in [-0.15, -0.1) is 0 Å². The van der Waals surface area contributed by atoms with Crippen LogP contribution in [0.1, 0.15) is 18.9 Å². The number of rotatable bonds is 4. The van der Waals surface area contributed by atoms with Gasteiger partial charge in [-0.25, -0.2) is 8.42 Å². The third-order valence-corrected chi connectivity index (χ3v) is 6.95. The number of piperazine rings is 1. The Morgan fingerprint density at radius 1 is 1.24 bits per heavy atom. The lowest BCUT2D eigenvalue weighted by Gasteiger charge is -2.38. The molecule has 25 heavy (non-hydrogen) atoms. The molecule has 0 bridgehead atoms. The summed E-state index contributed by atoms with van der Waals surface area (Å²) in [6, 6.07) is 8.01. The van der Waals surface area contributed by atoms with E-state index >= 15 is 0 Å². The Morgan fingerprint density at radius 3 is 2.56 bits per heavy atom. The predicted octanol–water partition coefficient (Wildman–Crippen LogP) is 0.809. The van der Waals surface area contributed by atoms with Gasteiger partial charge in [-0.3, -0.25) is 9.69 Å². The first kappa shape index (κ1) is 18.2. The molecule has 1 amide bonds. The van der Waals surface area contributed by atoms with Crippen LogP contribution in [0.25, 0.3) is 0 Å². The van der Waals surface area contributed by atoms with Crippen LogP contribution in [0.5, 0.6) is 0 Å². The molecule has 3 rings (SSSR count). The van der Waals surface area contributed by atoms with Crippen molar-refractivity contribution in [2.75, 3.05) is 42.6 Å². The number of carbonyl (C=O) groups is 1. The van der Waals surface area contributed by atoms with E-state index < -0.39 is 9.84 Å². The van der Waals surface area contributed by atoms with Gasteiger partial charge in [0, 0.05) is 37.9 Å². The molecule has 0 saturated carbocycles. The topological polar surface area (TPSA) is 69.7 Å². The maximum Gasteiger partial charge on any atom is 0.237 e. The lowest BCUT2D eigenvalue weighted by Crippen LogP contribution is -2.55. The smallest absolute Gasteiger partial charge is 0.237 e. The third kappa shape index (κ3) is 4.52. The Labute approximate surface area is 150 Å². The Bertz CT molecular complexity index is 727. The van der Waals surface area contributed by atoms with E-state index in [1.807, 2.05) is 6.92 Å². The van der Waals surface area contributed by atoms with Crippen molar-refractivity contribution in [1.29, 1.82) is 0 Å². The lowest BCUT2D eigenvalue weighted by molar-refractivity contribution is -0.126. The molecule has 0 unspecified atom stereocenters. The fraction of sp³-hybridized carbons (Fsp3) is 0.611. The molecule has 2 fully saturated rings. The summed E-state index contributed by atoms with van der Waals surface area (Å²) in [5.41, 5.74) is 2.48. The van der Waals surface area contributed by atoms with Crippen LogP contribution < -0.4 is 10.2 Å². The molecule has 2 atom stereocenters. The summed E-state index contributed by atoms with van der Waals surface area (Å²) in [5, 5.41) is 2.91. The molecule has 1 N–H and O–H groups in total. The predicted molar refractivity (Wildman–Crippen MR) is 99.6 cm³/mol. The zero-order valence-corrected chi connectivity index (χ0v) is 15.8. The summed E-state index contributed by atoms with van der Waals surface area (Å²) in [6.07, 6.45) is 0.530. The minimum Gasteiger partial charge on any atom is -0.369 e. The Morgan fingerprint density at radius 2 is 1.96 bits per heavy atom. The molecule has 1 aromatic rings. The number of nitrogens with one attached hydrogen (secondary N) is 1. The van der Waals surface area contributed by atoms with Crippen LogP contribution in [0.2, 0.25) is 0 Å². The molecular weight excluding hydrogens is 338 g/mol. The maximum atomic E-state index is 12.4. The van der Waals surface area contributed by atoms with Crippen molar-refractivity contribution >= 4 is 21.4 Å². The molecule has 2 saturated heterocycles. The zero-order valence-electron chi connectivity index (χ0n) is 14.9. The highest BCUT2D eigenvalue weighted by atomic mass is 32.2. The van der Waals surface area contributed by atoms with Gasteiger partial charge < -0.3 is 10.2 Å². The fourth-order valence-electron chi connectivity index (χ4n) is 3.59. The van der Waals surface area contributed by atoms with Gasteiger partial charge in [-0.05, 0) is 38.0 Å². The van der Waals surface area contributed by atoms with Crippen LogP contribution in [0.15, 0.2) is 24.3 Å². The van der Waals surface area contributed by atoms with Gasteiger partial charge in [0.15, 0.2) is 9.84 Å². The SMILES string of the molecule is Cc1cccc(N2CCN([C@@H](C)C(=O)N[C@@H]3CCS(=O)(=O)C3)CC2)c1. The standard InChI is InChI=1S/C18H27N3O3S/c1-14-4-3-5-17(12-14)21-9-7-20(8-10-21)15(2)18(22)19-16-6-11-25(23,24)13-16/h3-5,12,15-16H,6-11,13H2,1-2H3,(H,19,22)/t15-,16+/m0/s1. The van der Waals surface area contributed by atoms with Crippen LogP contribution in [0, 0.1) is 6.92 Å². The van der Waals surface area contributed by atoms with E-state index in [-0.39, 0.29) is 29.5 Å². The summed E-state index contributed by atoms with van der Waals surface area (Å²) in [7, 11) is -2.97. The Balaban J connectivity index is 1.51. The highest BCUT2D eigenvalue weighted by molar-refractivity contribution is 7.91. The molecule has 7 heteroatoms. The van der Waals surface area contributed by atoms with Crippen LogP contribution in [0.4, 0.5) is 5.69 Å². The largest absolute Gasteiger partial charge is 0.369 e. The second-order valence-corrected chi connectivity index (χ2v) is 9.38. The summed E-state index contributed by atoms with van der Waals surface area (Å²) in [4.78, 5) is 17.0. The number of aryl methyl sites for hydroxylation is 1. The first-order chi connectivity index (χ1) is 11.8. The molecule has 0 radical (unpaired) electrons. The zero-order chi connectivity index (χ0) is 18.0. The normalized spacial score (nSPS) is 24.9. The number of hydrogen-bond donors (Lipinski definition) is 1. The highest BCUT2D eigenvalue weighted by Crippen LogP contribution is 2.19. The Hall–Kier alpha value is -1.60. The lowest BCUT2D eigenvalue weighted by atomic mass is 10.1. The Kier molecular flexibility index (Phi) is 5.34. The van der Waals surface area contributed by atoms with Crippen molar-refractivity contribution < 1.29 is 13.2 Å². The van der Waals surface area contributed by atoms with Crippen molar-refractivity contribution in [2.45, 2.75) is 32.4 Å². The van der Waals surface area contributed by atoms with E-state index in [1.165, 1.54) is 11.3 Å². The van der Waals surface area contributed by atoms with E-state index in [4.69, 9.17) is 0 Å². The number of carbonyl (C=O) groups excluding carboxylic acids is 1. The van der Waals surface area contributed by atoms with Crippen LogP contribution in [0.3, 0.4) is 0 Å². The van der Waals surface area contributed by atoms with E-state index in [0.29, 0.717) is 6.42 Å². The van der Waals surface area contributed by atoms with Gasteiger partial charge in [0.25, 0.3) is 0 Å². The maximum absolute atomic E-state index is 12.4. The number of anilines is 1. The molecule has 2 aliphatic heterocycles. The minimum absolute atomic E-state index is 0.0638. The van der Waals surface area contributed by atoms with Crippen molar-refractivity contribution in [3.05, 3.63) is 29.8 Å². The average Bonchev–Trinajstić information content (AvgIpc) is 2.93.